The molecule has 0 amide bonds. The van der Waals surface area contributed by atoms with Crippen LogP contribution in [-0.2, 0) is 7.05 Å². The van der Waals surface area contributed by atoms with Crippen LogP contribution in [0.15, 0.2) is 16.2 Å². The van der Waals surface area contributed by atoms with Crippen molar-refractivity contribution in [2.24, 2.45) is 13.0 Å². The van der Waals surface area contributed by atoms with Gasteiger partial charge < -0.3 is 4.90 Å². The first-order valence-electron chi connectivity index (χ1n) is 5.46. The molecular formula is C11H12FN3OS. The second kappa shape index (κ2) is 3.80. The fraction of sp³-hybridized carbons (Fsp3) is 0.455. The third kappa shape index (κ3) is 1.55. The van der Waals surface area contributed by atoms with Crippen LogP contribution in [0.25, 0.3) is 10.2 Å². The molecule has 6 heteroatoms. The molecule has 4 nitrogen and oxygen atoms in total. The Balaban J connectivity index is 2.05. The van der Waals surface area contributed by atoms with E-state index in [0.29, 0.717) is 23.7 Å². The van der Waals surface area contributed by atoms with Gasteiger partial charge in [0.2, 0.25) is 5.95 Å². The van der Waals surface area contributed by atoms with Crippen molar-refractivity contribution in [3.63, 3.8) is 0 Å². The van der Waals surface area contributed by atoms with E-state index in [1.807, 2.05) is 16.3 Å². The predicted molar refractivity (Wildman–Crippen MR) is 66.5 cm³/mol. The largest absolute Gasteiger partial charge is 0.341 e. The Morgan fingerprint density at radius 1 is 1.59 bits per heavy atom. The molecule has 17 heavy (non-hydrogen) atoms. The number of nitrogens with zero attached hydrogens (tertiary/aromatic N) is 3. The fourth-order valence-corrected chi connectivity index (χ4v) is 2.90. The third-order valence-corrected chi connectivity index (χ3v) is 4.01. The van der Waals surface area contributed by atoms with Crippen molar-refractivity contribution in [1.29, 1.82) is 0 Å². The molecule has 0 N–H and O–H groups in total. The Hall–Kier alpha value is -1.43. The molecule has 0 unspecified atom stereocenters. The van der Waals surface area contributed by atoms with Gasteiger partial charge in [-0.15, -0.1) is 11.3 Å². The lowest BCUT2D eigenvalue weighted by Crippen LogP contribution is -2.50. The van der Waals surface area contributed by atoms with Crippen LogP contribution >= 0.6 is 11.3 Å². The Morgan fingerprint density at radius 3 is 3.06 bits per heavy atom. The molecule has 0 spiro atoms. The molecule has 0 radical (unpaired) electrons. The second-order valence-corrected chi connectivity index (χ2v) is 5.25. The van der Waals surface area contributed by atoms with Crippen LogP contribution < -0.4 is 10.5 Å². The van der Waals surface area contributed by atoms with Gasteiger partial charge in [-0.3, -0.25) is 13.8 Å². The molecule has 1 aliphatic rings. The lowest BCUT2D eigenvalue weighted by atomic mass is 10.0. The average Bonchev–Trinajstić information content (AvgIpc) is 2.71. The minimum atomic E-state index is -0.300. The maximum Gasteiger partial charge on any atom is 0.272 e. The number of thiophene rings is 1. The number of fused-ring (bicyclic) bond motifs is 1. The van der Waals surface area contributed by atoms with E-state index >= 15 is 0 Å². The zero-order chi connectivity index (χ0) is 12.0. The van der Waals surface area contributed by atoms with Gasteiger partial charge in [0.25, 0.3) is 5.56 Å². The van der Waals surface area contributed by atoms with E-state index in [9.17, 15) is 9.18 Å². The Bertz CT molecular complexity index is 615. The van der Waals surface area contributed by atoms with Crippen LogP contribution in [0, 0.1) is 5.92 Å². The third-order valence-electron chi connectivity index (χ3n) is 3.12. The number of alkyl halides is 1. The van der Waals surface area contributed by atoms with Crippen molar-refractivity contribution in [2.45, 2.75) is 0 Å². The minimum absolute atomic E-state index is 0.0244. The molecule has 90 valence electrons. The molecule has 1 aliphatic heterocycles. The smallest absolute Gasteiger partial charge is 0.272 e. The number of anilines is 1. The normalized spacial score (nSPS) is 16.5. The van der Waals surface area contributed by atoms with Crippen LogP contribution in [0.2, 0.25) is 0 Å². The zero-order valence-electron chi connectivity index (χ0n) is 9.39. The maximum absolute atomic E-state index is 12.4. The summed E-state index contributed by atoms with van der Waals surface area (Å²) in [5.74, 6) is 0.732. The van der Waals surface area contributed by atoms with Gasteiger partial charge in [0.1, 0.15) is 4.70 Å². The first-order valence-corrected chi connectivity index (χ1v) is 6.34. The van der Waals surface area contributed by atoms with Gasteiger partial charge in [-0.05, 0) is 11.4 Å². The van der Waals surface area contributed by atoms with E-state index in [4.69, 9.17) is 0 Å². The Kier molecular flexibility index (Phi) is 2.39. The molecule has 2 aromatic rings. The van der Waals surface area contributed by atoms with E-state index < -0.39 is 0 Å². The minimum Gasteiger partial charge on any atom is -0.341 e. The van der Waals surface area contributed by atoms with Gasteiger partial charge in [-0.1, -0.05) is 0 Å². The van der Waals surface area contributed by atoms with Gasteiger partial charge in [0.15, 0.2) is 0 Å². The first kappa shape index (κ1) is 10.7. The van der Waals surface area contributed by atoms with E-state index in [2.05, 4.69) is 4.98 Å². The lowest BCUT2D eigenvalue weighted by Gasteiger charge is -2.39. The van der Waals surface area contributed by atoms with Crippen LogP contribution in [0.5, 0.6) is 0 Å². The highest BCUT2D eigenvalue weighted by atomic mass is 32.1. The molecule has 2 aromatic heterocycles. The van der Waals surface area contributed by atoms with Crippen molar-refractivity contribution in [1.82, 2.24) is 9.55 Å². The molecular weight excluding hydrogens is 241 g/mol. The summed E-state index contributed by atoms with van der Waals surface area (Å²) in [4.78, 5) is 18.4. The number of rotatable bonds is 2. The van der Waals surface area contributed by atoms with Crippen LogP contribution in [-0.4, -0.2) is 29.3 Å². The van der Waals surface area contributed by atoms with E-state index in [1.165, 1.54) is 11.3 Å². The molecule has 0 aliphatic carbocycles. The molecule has 0 aromatic carbocycles. The number of aromatic nitrogens is 2. The van der Waals surface area contributed by atoms with Crippen molar-refractivity contribution >= 4 is 27.5 Å². The zero-order valence-corrected chi connectivity index (χ0v) is 10.2. The predicted octanol–water partition coefficient (Wildman–Crippen LogP) is 1.40. The number of halogens is 1. The second-order valence-electron chi connectivity index (χ2n) is 4.34. The molecule has 0 bridgehead atoms. The highest BCUT2D eigenvalue weighted by Crippen LogP contribution is 2.24. The van der Waals surface area contributed by atoms with Crippen LogP contribution in [0.1, 0.15) is 0 Å². The van der Waals surface area contributed by atoms with Gasteiger partial charge in [-0.25, -0.2) is 4.98 Å². The van der Waals surface area contributed by atoms with Crippen molar-refractivity contribution in [3.05, 3.63) is 21.8 Å². The molecule has 1 fully saturated rings. The monoisotopic (exact) mass is 253 g/mol. The number of hydrogen-bond donors (Lipinski definition) is 0. The molecule has 1 saturated heterocycles. The summed E-state index contributed by atoms with van der Waals surface area (Å²) >= 11 is 1.40. The topological polar surface area (TPSA) is 38.1 Å². The standard InChI is InChI=1S/C11H12FN3OS/c1-14-10(16)9-8(2-3-17-9)13-11(14)15-5-7(4-12)6-15/h2-3,7H,4-6H2,1H3. The average molecular weight is 253 g/mol. The van der Waals surface area contributed by atoms with Gasteiger partial charge in [0.05, 0.1) is 12.2 Å². The highest BCUT2D eigenvalue weighted by molar-refractivity contribution is 7.17. The van der Waals surface area contributed by atoms with Crippen molar-refractivity contribution in [2.75, 3.05) is 24.7 Å². The maximum atomic E-state index is 12.4. The van der Waals surface area contributed by atoms with Gasteiger partial charge in [0, 0.05) is 26.1 Å². The van der Waals surface area contributed by atoms with E-state index in [1.54, 1.807) is 11.6 Å². The molecule has 0 saturated carbocycles. The summed E-state index contributed by atoms with van der Waals surface area (Å²) in [7, 11) is 1.71. The summed E-state index contributed by atoms with van der Waals surface area (Å²) in [5.41, 5.74) is 0.709. The molecule has 0 atom stereocenters. The SMILES string of the molecule is Cn1c(N2CC(CF)C2)nc2ccsc2c1=O. The first-order chi connectivity index (χ1) is 8.20. The van der Waals surface area contributed by atoms with Crippen molar-refractivity contribution < 1.29 is 4.39 Å². The van der Waals surface area contributed by atoms with Crippen molar-refractivity contribution in [3.8, 4) is 0 Å². The van der Waals surface area contributed by atoms with E-state index in [-0.39, 0.29) is 18.2 Å². The fourth-order valence-electron chi connectivity index (χ4n) is 2.09. The summed E-state index contributed by atoms with van der Waals surface area (Å²) in [6.45, 7) is 0.990. The van der Waals surface area contributed by atoms with Gasteiger partial charge >= 0.3 is 0 Å². The summed E-state index contributed by atoms with van der Waals surface area (Å²) in [6.07, 6.45) is 0. The summed E-state index contributed by atoms with van der Waals surface area (Å²) in [5, 5.41) is 1.86. The summed E-state index contributed by atoms with van der Waals surface area (Å²) < 4.78 is 14.6. The highest BCUT2D eigenvalue weighted by Gasteiger charge is 2.29. The molecule has 3 heterocycles. The Morgan fingerprint density at radius 2 is 2.35 bits per heavy atom. The number of hydrogen-bond acceptors (Lipinski definition) is 4. The molecule has 3 rings (SSSR count). The van der Waals surface area contributed by atoms with Crippen LogP contribution in [0.4, 0.5) is 10.3 Å². The summed E-state index contributed by atoms with van der Waals surface area (Å²) in [6, 6.07) is 1.84. The van der Waals surface area contributed by atoms with Crippen LogP contribution in [0.3, 0.4) is 0 Å². The van der Waals surface area contributed by atoms with Gasteiger partial charge in [-0.2, -0.15) is 0 Å². The lowest BCUT2D eigenvalue weighted by molar-refractivity contribution is 0.301. The Labute approximate surface area is 101 Å². The van der Waals surface area contributed by atoms with E-state index in [0.717, 1.165) is 5.52 Å². The quantitative estimate of drug-likeness (QED) is 0.812.